The lowest BCUT2D eigenvalue weighted by atomic mass is 10.3. The van der Waals surface area contributed by atoms with Gasteiger partial charge in [-0.15, -0.1) is 0 Å². The van der Waals surface area contributed by atoms with E-state index in [2.05, 4.69) is 14.5 Å². The molecule has 1 heterocycles. The van der Waals surface area contributed by atoms with Gasteiger partial charge in [-0.2, -0.15) is 5.10 Å². The van der Waals surface area contributed by atoms with E-state index in [9.17, 15) is 21.2 Å². The van der Waals surface area contributed by atoms with E-state index in [1.165, 1.54) is 42.9 Å². The Labute approximate surface area is 172 Å². The van der Waals surface area contributed by atoms with Crippen LogP contribution in [0.5, 0.6) is 0 Å². The van der Waals surface area contributed by atoms with Gasteiger partial charge in [-0.05, 0) is 43.3 Å². The zero-order chi connectivity index (χ0) is 21.4. The van der Waals surface area contributed by atoms with Crippen LogP contribution in [0, 0.1) is 12.7 Å². The van der Waals surface area contributed by atoms with Gasteiger partial charge >= 0.3 is 0 Å². The summed E-state index contributed by atoms with van der Waals surface area (Å²) in [6, 6.07) is 10.1. The van der Waals surface area contributed by atoms with E-state index in [4.69, 9.17) is 11.6 Å². The summed E-state index contributed by atoms with van der Waals surface area (Å²) in [6.07, 6.45) is 0. The van der Waals surface area contributed by atoms with Gasteiger partial charge in [0.1, 0.15) is 15.9 Å². The summed E-state index contributed by atoms with van der Waals surface area (Å²) in [5.74, 6) is -0.583. The molecule has 3 aromatic rings. The number of hydrogen-bond donors (Lipinski definition) is 2. The van der Waals surface area contributed by atoms with Gasteiger partial charge in [-0.3, -0.25) is 14.1 Å². The number of halogens is 2. The first kappa shape index (κ1) is 21.1. The Morgan fingerprint density at radius 1 is 0.931 bits per heavy atom. The number of benzene rings is 2. The lowest BCUT2D eigenvalue weighted by molar-refractivity contribution is 0.597. The van der Waals surface area contributed by atoms with Crippen LogP contribution >= 0.6 is 11.6 Å². The highest BCUT2D eigenvalue weighted by Crippen LogP contribution is 2.30. The van der Waals surface area contributed by atoms with Crippen LogP contribution < -0.4 is 9.44 Å². The number of anilines is 2. The van der Waals surface area contributed by atoms with Gasteiger partial charge in [-0.25, -0.2) is 21.2 Å². The molecule has 154 valence electrons. The molecule has 3 rings (SSSR count). The van der Waals surface area contributed by atoms with E-state index in [1.54, 1.807) is 0 Å². The Kier molecular flexibility index (Phi) is 5.57. The molecule has 0 saturated heterocycles. The fraction of sp³-hybridized carbons (Fsp3) is 0.118. The topological polar surface area (TPSA) is 110 Å². The molecule has 0 aliphatic heterocycles. The third-order valence-electron chi connectivity index (χ3n) is 3.91. The maximum absolute atomic E-state index is 13.1. The normalized spacial score (nSPS) is 12.0. The van der Waals surface area contributed by atoms with Gasteiger partial charge in [0.2, 0.25) is 0 Å². The smallest absolute Gasteiger partial charge is 0.266 e. The third kappa shape index (κ3) is 4.36. The molecule has 8 nitrogen and oxygen atoms in total. The van der Waals surface area contributed by atoms with Crippen molar-refractivity contribution in [3.63, 3.8) is 0 Å². The molecular weight excluding hydrogens is 443 g/mol. The second kappa shape index (κ2) is 7.65. The Morgan fingerprint density at radius 3 is 1.93 bits per heavy atom. The lowest BCUT2D eigenvalue weighted by Crippen LogP contribution is -2.18. The van der Waals surface area contributed by atoms with Crippen molar-refractivity contribution < 1.29 is 21.2 Å². The Hall–Kier alpha value is -2.63. The Bertz CT molecular complexity index is 1270. The van der Waals surface area contributed by atoms with Gasteiger partial charge < -0.3 is 0 Å². The summed E-state index contributed by atoms with van der Waals surface area (Å²) in [4.78, 5) is -0.388. The van der Waals surface area contributed by atoms with Gasteiger partial charge in [0.05, 0.1) is 22.0 Å². The Balaban J connectivity index is 1.96. The summed E-state index contributed by atoms with van der Waals surface area (Å²) >= 11 is 6.04. The SMILES string of the molecule is Cc1nn(C)c(Cl)c1S(=O)(=O)Nc1ccccc1NS(=O)(=O)c1ccc(F)cc1. The van der Waals surface area contributed by atoms with E-state index < -0.39 is 25.9 Å². The molecule has 0 aliphatic rings. The highest BCUT2D eigenvalue weighted by Gasteiger charge is 2.26. The van der Waals surface area contributed by atoms with Crippen LogP contribution in [0.2, 0.25) is 5.15 Å². The molecular formula is C17H16ClFN4O4S2. The molecule has 0 fully saturated rings. The van der Waals surface area contributed by atoms with Gasteiger partial charge in [-0.1, -0.05) is 23.7 Å². The molecule has 0 radical (unpaired) electrons. The number of rotatable bonds is 6. The number of nitrogens with one attached hydrogen (secondary N) is 2. The fourth-order valence-electron chi connectivity index (χ4n) is 2.59. The van der Waals surface area contributed by atoms with E-state index in [1.807, 2.05) is 0 Å². The van der Waals surface area contributed by atoms with Crippen LogP contribution in [0.1, 0.15) is 5.69 Å². The molecule has 1 aromatic heterocycles. The maximum Gasteiger partial charge on any atom is 0.266 e. The van der Waals surface area contributed by atoms with Crippen molar-refractivity contribution in [2.75, 3.05) is 9.44 Å². The average molecular weight is 459 g/mol. The first-order valence-corrected chi connectivity index (χ1v) is 11.4. The molecule has 0 aliphatic carbocycles. The first-order valence-electron chi connectivity index (χ1n) is 8.10. The molecule has 0 saturated carbocycles. The molecule has 2 N–H and O–H groups in total. The molecule has 12 heteroatoms. The zero-order valence-corrected chi connectivity index (χ0v) is 17.6. The molecule has 0 unspecified atom stereocenters. The van der Waals surface area contributed by atoms with Gasteiger partial charge in [0.25, 0.3) is 20.0 Å². The summed E-state index contributed by atoms with van der Waals surface area (Å²) in [5.41, 5.74) is 0.157. The van der Waals surface area contributed by atoms with Crippen LogP contribution in [0.15, 0.2) is 58.3 Å². The standard InChI is InChI=1S/C17H16ClFN4O4S2/c1-11-16(17(18)23(2)20-11)29(26,27)22-15-6-4-3-5-14(15)21-28(24,25)13-9-7-12(19)8-10-13/h3-10,21-22H,1-2H3. The number of para-hydroxylation sites is 2. The molecule has 0 amide bonds. The summed E-state index contributed by atoms with van der Waals surface area (Å²) in [7, 11) is -6.73. The predicted molar refractivity (Wildman–Crippen MR) is 107 cm³/mol. The van der Waals surface area contributed by atoms with Crippen molar-refractivity contribution in [1.29, 1.82) is 0 Å². The fourth-order valence-corrected chi connectivity index (χ4v) is 5.50. The first-order chi connectivity index (χ1) is 13.5. The highest BCUT2D eigenvalue weighted by molar-refractivity contribution is 7.93. The largest absolute Gasteiger partial charge is 0.277 e. The summed E-state index contributed by atoms with van der Waals surface area (Å²) in [5, 5.41) is 3.89. The highest BCUT2D eigenvalue weighted by atomic mass is 35.5. The van der Waals surface area contributed by atoms with Crippen molar-refractivity contribution in [3.05, 3.63) is 65.2 Å². The van der Waals surface area contributed by atoms with E-state index >= 15 is 0 Å². The maximum atomic E-state index is 13.1. The van der Waals surface area contributed by atoms with Gasteiger partial charge in [0, 0.05) is 7.05 Å². The minimum Gasteiger partial charge on any atom is -0.277 e. The minimum atomic E-state index is -4.15. The average Bonchev–Trinajstić information content (AvgIpc) is 2.89. The molecule has 0 bridgehead atoms. The molecule has 0 spiro atoms. The van der Waals surface area contributed by atoms with Crippen LogP contribution in [0.25, 0.3) is 0 Å². The second-order valence-electron chi connectivity index (χ2n) is 6.04. The van der Waals surface area contributed by atoms with Crippen LogP contribution in [-0.4, -0.2) is 26.6 Å². The Morgan fingerprint density at radius 2 is 1.45 bits per heavy atom. The number of aromatic nitrogens is 2. The predicted octanol–water partition coefficient (Wildman–Crippen LogP) is 3.12. The van der Waals surface area contributed by atoms with Crippen molar-refractivity contribution in [2.45, 2.75) is 16.7 Å². The van der Waals surface area contributed by atoms with Crippen molar-refractivity contribution in [1.82, 2.24) is 9.78 Å². The number of sulfonamides is 2. The monoisotopic (exact) mass is 458 g/mol. The summed E-state index contributed by atoms with van der Waals surface area (Å²) < 4.78 is 69.7. The van der Waals surface area contributed by atoms with E-state index in [-0.39, 0.29) is 32.0 Å². The molecule has 2 aromatic carbocycles. The van der Waals surface area contributed by atoms with Crippen LogP contribution in [-0.2, 0) is 27.1 Å². The molecule has 0 atom stereocenters. The molecule has 29 heavy (non-hydrogen) atoms. The van der Waals surface area contributed by atoms with Crippen molar-refractivity contribution in [2.24, 2.45) is 7.05 Å². The number of nitrogens with zero attached hydrogens (tertiary/aromatic N) is 2. The van der Waals surface area contributed by atoms with Crippen LogP contribution in [0.3, 0.4) is 0 Å². The third-order valence-corrected chi connectivity index (χ3v) is 7.35. The number of aryl methyl sites for hydroxylation is 2. The zero-order valence-electron chi connectivity index (χ0n) is 15.2. The summed E-state index contributed by atoms with van der Waals surface area (Å²) in [6.45, 7) is 1.49. The van der Waals surface area contributed by atoms with Crippen LogP contribution in [0.4, 0.5) is 15.8 Å². The number of hydrogen-bond acceptors (Lipinski definition) is 5. The van der Waals surface area contributed by atoms with Gasteiger partial charge in [0.15, 0.2) is 0 Å². The lowest BCUT2D eigenvalue weighted by Gasteiger charge is -2.14. The van der Waals surface area contributed by atoms with E-state index in [0.717, 1.165) is 24.3 Å². The van der Waals surface area contributed by atoms with Crippen molar-refractivity contribution in [3.8, 4) is 0 Å². The quantitative estimate of drug-likeness (QED) is 0.589. The minimum absolute atomic E-state index is 0.0157. The second-order valence-corrected chi connectivity index (χ2v) is 9.70. The van der Waals surface area contributed by atoms with Crippen molar-refractivity contribution >= 4 is 43.0 Å². The van der Waals surface area contributed by atoms with E-state index in [0.29, 0.717) is 0 Å².